The number of nitrogens with one attached hydrogen (secondary N) is 1. The van der Waals surface area contributed by atoms with Gasteiger partial charge >= 0.3 is 0 Å². The van der Waals surface area contributed by atoms with Crippen molar-refractivity contribution in [2.45, 2.75) is 32.2 Å². The number of rotatable bonds is 4. The fourth-order valence-corrected chi connectivity index (χ4v) is 1.65. The van der Waals surface area contributed by atoms with Crippen LogP contribution in [0.4, 0.5) is 4.39 Å². The molecule has 2 unspecified atom stereocenters. The van der Waals surface area contributed by atoms with E-state index in [1.807, 2.05) is 19.2 Å². The third kappa shape index (κ3) is 2.81. The Labute approximate surface area is 85.3 Å². The molecule has 1 nitrogen and oxygen atoms in total. The highest BCUT2D eigenvalue weighted by Gasteiger charge is 2.12. The Balaban J connectivity index is 2.69. The summed E-state index contributed by atoms with van der Waals surface area (Å²) in [6.45, 7) is 4.17. The van der Waals surface area contributed by atoms with E-state index in [2.05, 4.69) is 19.2 Å². The van der Waals surface area contributed by atoms with Gasteiger partial charge in [0.25, 0.3) is 0 Å². The first kappa shape index (κ1) is 11.2. The summed E-state index contributed by atoms with van der Waals surface area (Å²) in [5, 5.41) is 3.16. The molecule has 0 aliphatic carbocycles. The zero-order valence-corrected chi connectivity index (χ0v) is 9.05. The van der Waals surface area contributed by atoms with Crippen LogP contribution in [0.2, 0.25) is 0 Å². The number of halogens is 1. The highest BCUT2D eigenvalue weighted by molar-refractivity contribution is 5.21. The lowest BCUT2D eigenvalue weighted by molar-refractivity contribution is 0.498. The molecule has 78 valence electrons. The standard InChI is InChI=1S/C12H18FN/c1-9(8-10(2)14-3)11-6-4-5-7-12(11)13/h4-7,9-10,14H,8H2,1-3H3. The molecule has 0 amide bonds. The van der Waals surface area contributed by atoms with Gasteiger partial charge in [-0.05, 0) is 37.9 Å². The normalized spacial score (nSPS) is 15.1. The SMILES string of the molecule is CNC(C)CC(C)c1ccccc1F. The molecule has 0 saturated carbocycles. The van der Waals surface area contributed by atoms with Gasteiger partial charge in [-0.15, -0.1) is 0 Å². The molecule has 2 heteroatoms. The summed E-state index contributed by atoms with van der Waals surface area (Å²) in [5.74, 6) is 0.168. The second-order valence-corrected chi connectivity index (χ2v) is 3.85. The summed E-state index contributed by atoms with van der Waals surface area (Å²) in [6.07, 6.45) is 0.956. The maximum Gasteiger partial charge on any atom is 0.126 e. The molecule has 0 bridgehead atoms. The number of benzene rings is 1. The van der Waals surface area contributed by atoms with Gasteiger partial charge in [0.15, 0.2) is 0 Å². The van der Waals surface area contributed by atoms with Gasteiger partial charge in [-0.25, -0.2) is 4.39 Å². The molecule has 1 rings (SSSR count). The monoisotopic (exact) mass is 195 g/mol. The van der Waals surface area contributed by atoms with Crippen molar-refractivity contribution in [1.29, 1.82) is 0 Å². The number of hydrogen-bond acceptors (Lipinski definition) is 1. The highest BCUT2D eigenvalue weighted by Crippen LogP contribution is 2.22. The zero-order chi connectivity index (χ0) is 10.6. The molecule has 1 aromatic carbocycles. The van der Waals surface area contributed by atoms with E-state index in [1.54, 1.807) is 6.07 Å². The topological polar surface area (TPSA) is 12.0 Å². The highest BCUT2D eigenvalue weighted by atomic mass is 19.1. The van der Waals surface area contributed by atoms with Gasteiger partial charge in [0.05, 0.1) is 0 Å². The molecular weight excluding hydrogens is 177 g/mol. The van der Waals surface area contributed by atoms with Crippen molar-refractivity contribution in [2.75, 3.05) is 7.05 Å². The smallest absolute Gasteiger partial charge is 0.126 e. The lowest BCUT2D eigenvalue weighted by Gasteiger charge is -2.17. The van der Waals surface area contributed by atoms with Crippen LogP contribution in [0.3, 0.4) is 0 Å². The second kappa shape index (κ2) is 5.11. The molecule has 1 N–H and O–H groups in total. The van der Waals surface area contributed by atoms with E-state index in [4.69, 9.17) is 0 Å². The van der Waals surface area contributed by atoms with Crippen molar-refractivity contribution < 1.29 is 4.39 Å². The van der Waals surface area contributed by atoms with Gasteiger partial charge in [-0.1, -0.05) is 25.1 Å². The van der Waals surface area contributed by atoms with Crippen LogP contribution in [-0.2, 0) is 0 Å². The van der Waals surface area contributed by atoms with Crippen LogP contribution in [0.1, 0.15) is 31.7 Å². The molecule has 1 aromatic rings. The summed E-state index contributed by atoms with van der Waals surface area (Å²) >= 11 is 0. The molecule has 2 atom stereocenters. The van der Waals surface area contributed by atoms with Gasteiger partial charge in [0.1, 0.15) is 5.82 Å². The summed E-state index contributed by atoms with van der Waals surface area (Å²) in [4.78, 5) is 0. The Morgan fingerprint density at radius 2 is 1.93 bits per heavy atom. The van der Waals surface area contributed by atoms with Crippen molar-refractivity contribution >= 4 is 0 Å². The third-order valence-electron chi connectivity index (χ3n) is 2.64. The molecule has 0 spiro atoms. The predicted molar refractivity (Wildman–Crippen MR) is 58.0 cm³/mol. The van der Waals surface area contributed by atoms with Crippen molar-refractivity contribution in [3.8, 4) is 0 Å². The second-order valence-electron chi connectivity index (χ2n) is 3.85. The van der Waals surface area contributed by atoms with E-state index in [9.17, 15) is 4.39 Å². The molecule has 14 heavy (non-hydrogen) atoms. The Morgan fingerprint density at radius 1 is 1.29 bits per heavy atom. The predicted octanol–water partition coefficient (Wildman–Crippen LogP) is 2.93. The zero-order valence-electron chi connectivity index (χ0n) is 9.05. The van der Waals surface area contributed by atoms with Gasteiger partial charge in [0.2, 0.25) is 0 Å². The quantitative estimate of drug-likeness (QED) is 0.779. The lowest BCUT2D eigenvalue weighted by atomic mass is 9.94. The van der Waals surface area contributed by atoms with Gasteiger partial charge in [0, 0.05) is 6.04 Å². The van der Waals surface area contributed by atoms with E-state index in [0.717, 1.165) is 12.0 Å². The average molecular weight is 195 g/mol. The fourth-order valence-electron chi connectivity index (χ4n) is 1.65. The average Bonchev–Trinajstić information content (AvgIpc) is 2.18. The Bertz CT molecular complexity index is 285. The largest absolute Gasteiger partial charge is 0.317 e. The third-order valence-corrected chi connectivity index (χ3v) is 2.64. The first-order valence-electron chi connectivity index (χ1n) is 5.06. The van der Waals surface area contributed by atoms with E-state index < -0.39 is 0 Å². The Kier molecular flexibility index (Phi) is 4.08. The summed E-state index contributed by atoms with van der Waals surface area (Å²) in [5.41, 5.74) is 0.814. The van der Waals surface area contributed by atoms with Crippen LogP contribution < -0.4 is 5.32 Å². The van der Waals surface area contributed by atoms with E-state index in [0.29, 0.717) is 6.04 Å². The van der Waals surface area contributed by atoms with Crippen molar-refractivity contribution in [3.63, 3.8) is 0 Å². The first-order chi connectivity index (χ1) is 6.65. The van der Waals surface area contributed by atoms with Gasteiger partial charge in [-0.3, -0.25) is 0 Å². The minimum absolute atomic E-state index is 0.0942. The summed E-state index contributed by atoms with van der Waals surface area (Å²) in [6, 6.07) is 7.43. The fraction of sp³-hybridized carbons (Fsp3) is 0.500. The van der Waals surface area contributed by atoms with Crippen LogP contribution in [0.15, 0.2) is 24.3 Å². The molecule has 0 aliphatic heterocycles. The minimum atomic E-state index is -0.0942. The lowest BCUT2D eigenvalue weighted by Crippen LogP contribution is -2.23. The summed E-state index contributed by atoms with van der Waals surface area (Å²) in [7, 11) is 1.93. The Hall–Kier alpha value is -0.890. The summed E-state index contributed by atoms with van der Waals surface area (Å²) < 4.78 is 13.4. The molecule has 0 heterocycles. The molecule has 0 aromatic heterocycles. The van der Waals surface area contributed by atoms with Crippen LogP contribution in [-0.4, -0.2) is 13.1 Å². The van der Waals surface area contributed by atoms with E-state index >= 15 is 0 Å². The molecule has 0 aliphatic rings. The van der Waals surface area contributed by atoms with E-state index in [-0.39, 0.29) is 11.7 Å². The van der Waals surface area contributed by atoms with Crippen LogP contribution >= 0.6 is 0 Å². The van der Waals surface area contributed by atoms with Gasteiger partial charge in [-0.2, -0.15) is 0 Å². The van der Waals surface area contributed by atoms with Crippen LogP contribution in [0, 0.1) is 5.82 Å². The van der Waals surface area contributed by atoms with Crippen molar-refractivity contribution in [3.05, 3.63) is 35.6 Å². The van der Waals surface area contributed by atoms with Crippen molar-refractivity contribution in [2.24, 2.45) is 0 Å². The van der Waals surface area contributed by atoms with Gasteiger partial charge < -0.3 is 5.32 Å². The molecular formula is C12H18FN. The maximum absolute atomic E-state index is 13.4. The molecule has 0 radical (unpaired) electrons. The van der Waals surface area contributed by atoms with Crippen LogP contribution in [0.25, 0.3) is 0 Å². The Morgan fingerprint density at radius 3 is 2.50 bits per heavy atom. The minimum Gasteiger partial charge on any atom is -0.317 e. The number of hydrogen-bond donors (Lipinski definition) is 1. The molecule has 0 saturated heterocycles. The maximum atomic E-state index is 13.4. The van der Waals surface area contributed by atoms with E-state index in [1.165, 1.54) is 6.07 Å². The van der Waals surface area contributed by atoms with Crippen LogP contribution in [0.5, 0.6) is 0 Å². The first-order valence-corrected chi connectivity index (χ1v) is 5.06. The molecule has 0 fully saturated rings. The van der Waals surface area contributed by atoms with Crippen molar-refractivity contribution in [1.82, 2.24) is 5.32 Å².